The highest BCUT2D eigenvalue weighted by atomic mass is 16.5. The number of nitrogens with one attached hydrogen (secondary N) is 1. The van der Waals surface area contributed by atoms with Crippen LogP contribution < -0.4 is 5.32 Å². The first-order valence-electron chi connectivity index (χ1n) is 6.77. The molecule has 1 N–H and O–H groups in total. The lowest BCUT2D eigenvalue weighted by Crippen LogP contribution is -2.20. The van der Waals surface area contributed by atoms with Crippen molar-refractivity contribution in [3.05, 3.63) is 35.9 Å². The van der Waals surface area contributed by atoms with Gasteiger partial charge in [0.05, 0.1) is 6.61 Å². The summed E-state index contributed by atoms with van der Waals surface area (Å²) in [6.45, 7) is 3.69. The minimum absolute atomic E-state index is 0.837. The Morgan fingerprint density at radius 3 is 2.65 bits per heavy atom. The van der Waals surface area contributed by atoms with E-state index < -0.39 is 0 Å². The fourth-order valence-corrected chi connectivity index (χ4v) is 2.40. The molecule has 0 unspecified atom stereocenters. The van der Waals surface area contributed by atoms with Crippen LogP contribution in [0.5, 0.6) is 0 Å². The fourth-order valence-electron chi connectivity index (χ4n) is 2.40. The molecule has 1 aromatic rings. The normalized spacial score (nSPS) is 16.5. The van der Waals surface area contributed by atoms with Crippen LogP contribution in [0.2, 0.25) is 0 Å². The van der Waals surface area contributed by atoms with E-state index in [1.165, 1.54) is 31.2 Å². The summed E-state index contributed by atoms with van der Waals surface area (Å²) in [5.41, 5.74) is 1.34. The van der Waals surface area contributed by atoms with Gasteiger partial charge < -0.3 is 10.1 Å². The van der Waals surface area contributed by atoms with Crippen LogP contribution in [-0.4, -0.2) is 19.8 Å². The number of ether oxygens (including phenoxy) is 1. The lowest BCUT2D eigenvalue weighted by atomic mass is 10.1. The molecule has 0 aromatic heterocycles. The van der Waals surface area contributed by atoms with Gasteiger partial charge in [-0.1, -0.05) is 43.2 Å². The van der Waals surface area contributed by atoms with Gasteiger partial charge in [-0.3, -0.25) is 0 Å². The van der Waals surface area contributed by atoms with Gasteiger partial charge in [-0.2, -0.15) is 0 Å². The zero-order valence-corrected chi connectivity index (χ0v) is 10.5. The molecule has 1 saturated carbocycles. The first-order chi connectivity index (χ1) is 8.45. The van der Waals surface area contributed by atoms with E-state index in [1.807, 2.05) is 6.07 Å². The zero-order valence-electron chi connectivity index (χ0n) is 10.5. The van der Waals surface area contributed by atoms with Crippen molar-refractivity contribution < 1.29 is 4.74 Å². The maximum atomic E-state index is 5.69. The van der Waals surface area contributed by atoms with Crippen molar-refractivity contribution >= 4 is 0 Å². The van der Waals surface area contributed by atoms with E-state index in [-0.39, 0.29) is 0 Å². The Hall–Kier alpha value is -0.860. The Morgan fingerprint density at radius 1 is 1.12 bits per heavy atom. The molecule has 94 valence electrons. The monoisotopic (exact) mass is 233 g/mol. The highest BCUT2D eigenvalue weighted by Crippen LogP contribution is 2.24. The molecule has 0 atom stereocenters. The van der Waals surface area contributed by atoms with E-state index >= 15 is 0 Å². The third-order valence-corrected chi connectivity index (χ3v) is 3.42. The van der Waals surface area contributed by atoms with E-state index in [0.717, 1.165) is 32.2 Å². The van der Waals surface area contributed by atoms with Crippen LogP contribution in [0.15, 0.2) is 30.3 Å². The third-order valence-electron chi connectivity index (χ3n) is 3.42. The number of hydrogen-bond donors (Lipinski definition) is 1. The predicted molar refractivity (Wildman–Crippen MR) is 70.9 cm³/mol. The Labute approximate surface area is 104 Å². The topological polar surface area (TPSA) is 21.3 Å². The van der Waals surface area contributed by atoms with Gasteiger partial charge in [-0.15, -0.1) is 0 Å². The van der Waals surface area contributed by atoms with Gasteiger partial charge in [0.25, 0.3) is 0 Å². The van der Waals surface area contributed by atoms with Crippen molar-refractivity contribution in [1.29, 1.82) is 0 Å². The quantitative estimate of drug-likeness (QED) is 0.731. The minimum Gasteiger partial charge on any atom is -0.380 e. The van der Waals surface area contributed by atoms with E-state index in [0.29, 0.717) is 0 Å². The highest BCUT2D eigenvalue weighted by Gasteiger charge is 2.14. The van der Waals surface area contributed by atoms with Crippen molar-refractivity contribution in [2.45, 2.75) is 32.2 Å². The van der Waals surface area contributed by atoms with Gasteiger partial charge in [-0.05, 0) is 24.3 Å². The van der Waals surface area contributed by atoms with Crippen LogP contribution in [0.1, 0.15) is 31.2 Å². The van der Waals surface area contributed by atoms with Crippen molar-refractivity contribution in [2.75, 3.05) is 19.8 Å². The van der Waals surface area contributed by atoms with Crippen LogP contribution in [0.25, 0.3) is 0 Å². The number of hydrogen-bond acceptors (Lipinski definition) is 2. The number of benzene rings is 1. The van der Waals surface area contributed by atoms with Crippen LogP contribution in [0.4, 0.5) is 0 Å². The van der Waals surface area contributed by atoms with Crippen LogP contribution in [0.3, 0.4) is 0 Å². The molecule has 17 heavy (non-hydrogen) atoms. The van der Waals surface area contributed by atoms with Crippen molar-refractivity contribution in [1.82, 2.24) is 5.32 Å². The molecular formula is C15H23NO. The predicted octanol–water partition coefficient (Wildman–Crippen LogP) is 2.98. The molecule has 1 aliphatic rings. The Balaban J connectivity index is 1.46. The molecule has 0 spiro atoms. The first kappa shape index (κ1) is 12.6. The van der Waals surface area contributed by atoms with E-state index in [4.69, 9.17) is 4.74 Å². The maximum absolute atomic E-state index is 5.69. The van der Waals surface area contributed by atoms with Gasteiger partial charge in [0.2, 0.25) is 0 Å². The molecule has 0 aliphatic heterocycles. The summed E-state index contributed by atoms with van der Waals surface area (Å²) < 4.78 is 5.69. The summed E-state index contributed by atoms with van der Waals surface area (Å²) in [5, 5.41) is 3.40. The molecular weight excluding hydrogens is 210 g/mol. The second kappa shape index (κ2) is 7.46. The van der Waals surface area contributed by atoms with Gasteiger partial charge in [0, 0.05) is 19.7 Å². The summed E-state index contributed by atoms with van der Waals surface area (Å²) in [6, 6.07) is 10.5. The molecule has 0 amide bonds. The van der Waals surface area contributed by atoms with E-state index in [2.05, 4.69) is 29.6 Å². The smallest absolute Gasteiger partial charge is 0.0591 e. The minimum atomic E-state index is 0.837. The summed E-state index contributed by atoms with van der Waals surface area (Å²) in [5.74, 6) is 0.837. The van der Waals surface area contributed by atoms with Crippen molar-refractivity contribution in [2.24, 2.45) is 5.92 Å². The van der Waals surface area contributed by atoms with Crippen LogP contribution in [-0.2, 0) is 11.3 Å². The van der Waals surface area contributed by atoms with Gasteiger partial charge in [0.1, 0.15) is 0 Å². The number of rotatable bonds is 7. The molecule has 0 bridgehead atoms. The van der Waals surface area contributed by atoms with Crippen molar-refractivity contribution in [3.8, 4) is 0 Å². The Kier molecular flexibility index (Phi) is 5.53. The Bertz CT molecular complexity index is 293. The molecule has 2 nitrogen and oxygen atoms in total. The average Bonchev–Trinajstić information content (AvgIpc) is 2.88. The van der Waals surface area contributed by atoms with Gasteiger partial charge in [0.15, 0.2) is 0 Å². The molecule has 0 saturated heterocycles. The van der Waals surface area contributed by atoms with E-state index in [1.54, 1.807) is 0 Å². The van der Waals surface area contributed by atoms with Crippen LogP contribution in [0, 0.1) is 5.92 Å². The Morgan fingerprint density at radius 2 is 1.88 bits per heavy atom. The van der Waals surface area contributed by atoms with Crippen molar-refractivity contribution in [3.63, 3.8) is 0 Å². The standard InChI is InChI=1S/C15H23NO/c1-2-6-14(7-3-1)12-16-10-11-17-13-15-8-4-5-9-15/h1-3,6-7,15-16H,4-5,8-13H2. The highest BCUT2D eigenvalue weighted by molar-refractivity contribution is 5.14. The fraction of sp³-hybridized carbons (Fsp3) is 0.600. The second-order valence-corrected chi connectivity index (χ2v) is 4.89. The molecule has 0 radical (unpaired) electrons. The lowest BCUT2D eigenvalue weighted by Gasteiger charge is -2.10. The molecule has 0 heterocycles. The summed E-state index contributed by atoms with van der Waals surface area (Å²) >= 11 is 0. The van der Waals surface area contributed by atoms with Gasteiger partial charge in [-0.25, -0.2) is 0 Å². The molecule has 2 heteroatoms. The molecule has 1 aliphatic carbocycles. The first-order valence-corrected chi connectivity index (χ1v) is 6.77. The van der Waals surface area contributed by atoms with Crippen LogP contribution >= 0.6 is 0 Å². The SMILES string of the molecule is c1ccc(CNCCOCC2CCCC2)cc1. The van der Waals surface area contributed by atoms with E-state index in [9.17, 15) is 0 Å². The maximum Gasteiger partial charge on any atom is 0.0591 e. The zero-order chi connectivity index (χ0) is 11.8. The summed E-state index contributed by atoms with van der Waals surface area (Å²) in [7, 11) is 0. The summed E-state index contributed by atoms with van der Waals surface area (Å²) in [6.07, 6.45) is 5.55. The molecule has 1 aromatic carbocycles. The largest absolute Gasteiger partial charge is 0.380 e. The summed E-state index contributed by atoms with van der Waals surface area (Å²) in [4.78, 5) is 0. The molecule has 1 fully saturated rings. The average molecular weight is 233 g/mol. The third kappa shape index (κ3) is 4.88. The second-order valence-electron chi connectivity index (χ2n) is 4.89. The van der Waals surface area contributed by atoms with Gasteiger partial charge >= 0.3 is 0 Å². The molecule has 2 rings (SSSR count). The lowest BCUT2D eigenvalue weighted by molar-refractivity contribution is 0.103.